The number of aromatic nitrogens is 1. The number of hydrogen-bond acceptors (Lipinski definition) is 3. The van der Waals surface area contributed by atoms with Crippen LogP contribution in [0.2, 0.25) is 5.02 Å². The van der Waals surface area contributed by atoms with Gasteiger partial charge in [-0.2, -0.15) is 5.26 Å². The highest BCUT2D eigenvalue weighted by Gasteiger charge is 2.20. The molecule has 3 nitrogen and oxygen atoms in total. The van der Waals surface area contributed by atoms with Gasteiger partial charge >= 0.3 is 0 Å². The maximum absolute atomic E-state index is 9.31. The van der Waals surface area contributed by atoms with Gasteiger partial charge < -0.3 is 5.73 Å². The minimum atomic E-state index is -0.136. The van der Waals surface area contributed by atoms with Gasteiger partial charge in [-0.3, -0.25) is 0 Å². The van der Waals surface area contributed by atoms with Gasteiger partial charge in [-0.25, -0.2) is 4.98 Å². The van der Waals surface area contributed by atoms with Gasteiger partial charge in [-0.15, -0.1) is 12.4 Å². The minimum Gasteiger partial charge on any atom is -0.383 e. The van der Waals surface area contributed by atoms with Gasteiger partial charge in [0, 0.05) is 21.7 Å². The summed E-state index contributed by atoms with van der Waals surface area (Å²) in [4.78, 5) is 4.35. The summed E-state index contributed by atoms with van der Waals surface area (Å²) in [5.74, 6) is 0.268. The van der Waals surface area contributed by atoms with Crippen molar-refractivity contribution in [1.82, 2.24) is 4.98 Å². The number of nitrogens with two attached hydrogens (primary N) is 1. The molecule has 1 heterocycles. The molecular formula is C16H17Cl2N3. The molecule has 0 aliphatic carbocycles. The van der Waals surface area contributed by atoms with Crippen LogP contribution in [0, 0.1) is 11.3 Å². The normalized spacial score (nSPS) is 10.6. The molecule has 2 N–H and O–H groups in total. The second kappa shape index (κ2) is 6.34. The van der Waals surface area contributed by atoms with E-state index >= 15 is 0 Å². The number of halogens is 2. The van der Waals surface area contributed by atoms with Gasteiger partial charge in [-0.05, 0) is 23.8 Å². The number of nitriles is 1. The average molecular weight is 322 g/mol. The van der Waals surface area contributed by atoms with E-state index in [9.17, 15) is 5.26 Å². The van der Waals surface area contributed by atoms with Crippen molar-refractivity contribution in [3.8, 4) is 17.2 Å². The molecule has 21 heavy (non-hydrogen) atoms. The lowest BCUT2D eigenvalue weighted by atomic mass is 9.88. The first-order valence-electron chi connectivity index (χ1n) is 6.30. The Labute approximate surface area is 136 Å². The lowest BCUT2D eigenvalue weighted by Crippen LogP contribution is -2.15. The zero-order valence-corrected chi connectivity index (χ0v) is 13.7. The molecular weight excluding hydrogens is 305 g/mol. The molecule has 0 atom stereocenters. The van der Waals surface area contributed by atoms with Crippen LogP contribution in [0.1, 0.15) is 32.0 Å². The summed E-state index contributed by atoms with van der Waals surface area (Å²) in [6.07, 6.45) is 0. The molecule has 0 radical (unpaired) electrons. The van der Waals surface area contributed by atoms with E-state index in [1.165, 1.54) is 0 Å². The predicted molar refractivity (Wildman–Crippen MR) is 89.8 cm³/mol. The zero-order valence-electron chi connectivity index (χ0n) is 12.1. The summed E-state index contributed by atoms with van der Waals surface area (Å²) in [6.45, 7) is 6.19. The lowest BCUT2D eigenvalue weighted by Gasteiger charge is -2.20. The number of benzene rings is 1. The average Bonchev–Trinajstić information content (AvgIpc) is 2.37. The van der Waals surface area contributed by atoms with E-state index in [1.807, 2.05) is 18.2 Å². The lowest BCUT2D eigenvalue weighted by molar-refractivity contribution is 0.570. The van der Waals surface area contributed by atoms with E-state index in [4.69, 9.17) is 17.3 Å². The smallest absolute Gasteiger partial charge is 0.142 e. The minimum absolute atomic E-state index is 0. The molecule has 110 valence electrons. The number of nitrogens with zero attached hydrogens (tertiary/aromatic N) is 2. The summed E-state index contributed by atoms with van der Waals surface area (Å²) in [5.41, 5.74) is 8.77. The van der Waals surface area contributed by atoms with Crippen molar-refractivity contribution < 1.29 is 0 Å². The van der Waals surface area contributed by atoms with Crippen molar-refractivity contribution >= 4 is 29.8 Å². The van der Waals surface area contributed by atoms with Gasteiger partial charge in [-0.1, -0.05) is 44.5 Å². The third kappa shape index (κ3) is 3.66. The van der Waals surface area contributed by atoms with Crippen LogP contribution in [0.15, 0.2) is 30.3 Å². The third-order valence-electron chi connectivity index (χ3n) is 3.08. The Balaban J connectivity index is 0.00000220. The van der Waals surface area contributed by atoms with Crippen molar-refractivity contribution in [2.75, 3.05) is 5.73 Å². The third-order valence-corrected chi connectivity index (χ3v) is 3.33. The van der Waals surface area contributed by atoms with E-state index in [2.05, 4.69) is 31.8 Å². The second-order valence-corrected chi connectivity index (χ2v) is 6.12. The maximum Gasteiger partial charge on any atom is 0.142 e. The zero-order chi connectivity index (χ0) is 14.9. The fourth-order valence-corrected chi connectivity index (χ4v) is 2.05. The first-order valence-corrected chi connectivity index (χ1v) is 6.68. The van der Waals surface area contributed by atoms with E-state index in [0.717, 1.165) is 16.8 Å². The number of pyridine rings is 1. The largest absolute Gasteiger partial charge is 0.383 e. The molecule has 1 aromatic heterocycles. The van der Waals surface area contributed by atoms with Crippen LogP contribution in [0.5, 0.6) is 0 Å². The molecule has 0 spiro atoms. The highest BCUT2D eigenvalue weighted by atomic mass is 35.5. The number of anilines is 1. The Hall–Kier alpha value is -1.76. The molecule has 0 aliphatic rings. The highest BCUT2D eigenvalue weighted by Crippen LogP contribution is 2.32. The molecule has 2 aromatic rings. The van der Waals surface area contributed by atoms with E-state index in [-0.39, 0.29) is 23.6 Å². The Bertz CT molecular complexity index is 680. The van der Waals surface area contributed by atoms with Gasteiger partial charge in [0.15, 0.2) is 0 Å². The monoisotopic (exact) mass is 321 g/mol. The molecule has 0 amide bonds. The molecule has 0 unspecified atom stereocenters. The van der Waals surface area contributed by atoms with Crippen LogP contribution < -0.4 is 5.73 Å². The first-order chi connectivity index (χ1) is 9.32. The van der Waals surface area contributed by atoms with Gasteiger partial charge in [0.1, 0.15) is 17.5 Å². The van der Waals surface area contributed by atoms with Crippen molar-refractivity contribution in [2.24, 2.45) is 0 Å². The molecule has 0 aliphatic heterocycles. The Kier molecular flexibility index (Phi) is 5.22. The Morgan fingerprint density at radius 3 is 2.24 bits per heavy atom. The van der Waals surface area contributed by atoms with E-state index in [0.29, 0.717) is 10.6 Å². The summed E-state index contributed by atoms with van der Waals surface area (Å²) in [7, 11) is 0. The molecule has 0 bridgehead atoms. The van der Waals surface area contributed by atoms with Gasteiger partial charge in [0.25, 0.3) is 0 Å². The SMILES string of the molecule is CC(C)(C)c1cc(-c2ccc(Cl)cc2)c(C#N)c(N)n1.Cl. The van der Waals surface area contributed by atoms with Gasteiger partial charge in [0.05, 0.1) is 0 Å². The van der Waals surface area contributed by atoms with Crippen molar-refractivity contribution in [1.29, 1.82) is 5.26 Å². The standard InChI is InChI=1S/C16H16ClN3.ClH/c1-16(2,3)14-8-12(13(9-18)15(19)20-14)10-4-6-11(17)7-5-10;/h4-8H,1-3H3,(H2,19,20);1H. The number of rotatable bonds is 1. The topological polar surface area (TPSA) is 62.7 Å². The van der Waals surface area contributed by atoms with E-state index < -0.39 is 0 Å². The summed E-state index contributed by atoms with van der Waals surface area (Å²) in [6, 6.07) is 11.4. The molecule has 5 heteroatoms. The molecule has 0 saturated heterocycles. The number of hydrogen-bond donors (Lipinski definition) is 1. The first kappa shape index (κ1) is 17.3. The molecule has 0 saturated carbocycles. The fraction of sp³-hybridized carbons (Fsp3) is 0.250. The second-order valence-electron chi connectivity index (χ2n) is 5.68. The maximum atomic E-state index is 9.31. The van der Waals surface area contributed by atoms with Crippen molar-refractivity contribution in [2.45, 2.75) is 26.2 Å². The van der Waals surface area contributed by atoms with Crippen molar-refractivity contribution in [3.05, 3.63) is 46.6 Å². The molecule has 2 rings (SSSR count). The Morgan fingerprint density at radius 1 is 1.19 bits per heavy atom. The highest BCUT2D eigenvalue weighted by molar-refractivity contribution is 6.30. The van der Waals surface area contributed by atoms with Crippen LogP contribution in [0.25, 0.3) is 11.1 Å². The fourth-order valence-electron chi connectivity index (χ4n) is 1.92. The van der Waals surface area contributed by atoms with Crippen molar-refractivity contribution in [3.63, 3.8) is 0 Å². The van der Waals surface area contributed by atoms with E-state index in [1.54, 1.807) is 12.1 Å². The Morgan fingerprint density at radius 2 is 1.76 bits per heavy atom. The van der Waals surface area contributed by atoms with Crippen LogP contribution in [0.4, 0.5) is 5.82 Å². The molecule has 1 aromatic carbocycles. The van der Waals surface area contributed by atoms with Crippen LogP contribution in [-0.4, -0.2) is 4.98 Å². The van der Waals surface area contributed by atoms with Crippen LogP contribution >= 0.6 is 24.0 Å². The predicted octanol–water partition coefficient (Wildman–Crippen LogP) is 4.58. The van der Waals surface area contributed by atoms with Gasteiger partial charge in [0.2, 0.25) is 0 Å². The number of nitrogen functional groups attached to an aromatic ring is 1. The quantitative estimate of drug-likeness (QED) is 0.836. The summed E-state index contributed by atoms with van der Waals surface area (Å²) >= 11 is 5.91. The van der Waals surface area contributed by atoms with Crippen LogP contribution in [-0.2, 0) is 5.41 Å². The summed E-state index contributed by atoms with van der Waals surface area (Å²) in [5, 5.41) is 9.97. The molecule has 0 fully saturated rings. The van der Waals surface area contributed by atoms with Crippen LogP contribution in [0.3, 0.4) is 0 Å². The summed E-state index contributed by atoms with van der Waals surface area (Å²) < 4.78 is 0.